The lowest BCUT2D eigenvalue weighted by Gasteiger charge is -2.20. The molecule has 7 heteroatoms. The van der Waals surface area contributed by atoms with E-state index in [1.165, 1.54) is 4.90 Å². The maximum atomic E-state index is 12.9. The van der Waals surface area contributed by atoms with Crippen molar-refractivity contribution in [2.45, 2.75) is 6.92 Å². The molecule has 1 aromatic heterocycles. The molecule has 0 bridgehead atoms. The van der Waals surface area contributed by atoms with Crippen LogP contribution in [-0.2, 0) is 4.79 Å². The summed E-state index contributed by atoms with van der Waals surface area (Å²) in [6.07, 6.45) is 0. The zero-order valence-electron chi connectivity index (χ0n) is 18.1. The Kier molecular flexibility index (Phi) is 7.00. The summed E-state index contributed by atoms with van der Waals surface area (Å²) in [5.41, 5.74) is 3.05. The van der Waals surface area contributed by atoms with Crippen molar-refractivity contribution >= 4 is 33.6 Å². The van der Waals surface area contributed by atoms with Gasteiger partial charge in [-0.3, -0.25) is 9.59 Å². The van der Waals surface area contributed by atoms with Crippen LogP contribution in [0, 0.1) is 0 Å². The number of halogens is 1. The highest BCUT2D eigenvalue weighted by Crippen LogP contribution is 2.24. The quantitative estimate of drug-likeness (QED) is 0.367. The van der Waals surface area contributed by atoms with Crippen LogP contribution in [0.3, 0.4) is 0 Å². The molecule has 0 saturated carbocycles. The Morgan fingerprint density at radius 1 is 0.939 bits per heavy atom. The average Bonchev–Trinajstić information content (AvgIpc) is 3.27. The van der Waals surface area contributed by atoms with Crippen molar-refractivity contribution < 1.29 is 9.59 Å². The molecule has 0 aliphatic heterocycles. The maximum Gasteiger partial charge on any atom is 0.254 e. The van der Waals surface area contributed by atoms with Crippen LogP contribution in [0.2, 0.25) is 0 Å². The number of carbonyl (C=O) groups excluding carboxylic acids is 2. The van der Waals surface area contributed by atoms with E-state index in [0.29, 0.717) is 17.9 Å². The van der Waals surface area contributed by atoms with Crippen molar-refractivity contribution in [3.63, 3.8) is 0 Å². The summed E-state index contributed by atoms with van der Waals surface area (Å²) >= 11 is 3.37. The number of anilines is 1. The average molecular weight is 503 g/mol. The van der Waals surface area contributed by atoms with E-state index in [2.05, 4.69) is 21.2 Å². The summed E-state index contributed by atoms with van der Waals surface area (Å²) < 4.78 is 2.59. The molecular weight excluding hydrogens is 480 g/mol. The van der Waals surface area contributed by atoms with E-state index in [-0.39, 0.29) is 18.4 Å². The largest absolute Gasteiger partial charge is 0.330 e. The lowest BCUT2D eigenvalue weighted by atomic mass is 10.1. The van der Waals surface area contributed by atoms with Gasteiger partial charge in [-0.1, -0.05) is 64.5 Å². The number of nitrogens with zero attached hydrogens (tertiary/aromatic N) is 3. The lowest BCUT2D eigenvalue weighted by Crippen LogP contribution is -2.38. The number of rotatable bonds is 7. The van der Waals surface area contributed by atoms with Gasteiger partial charge in [0.25, 0.3) is 5.91 Å². The summed E-state index contributed by atoms with van der Waals surface area (Å²) in [5, 5.41) is 7.65. The number of amides is 2. The number of nitrogens with one attached hydrogen (secondary N) is 1. The second-order valence-electron chi connectivity index (χ2n) is 7.40. The summed E-state index contributed by atoms with van der Waals surface area (Å²) in [6, 6.07) is 28.3. The van der Waals surface area contributed by atoms with Gasteiger partial charge in [-0.15, -0.1) is 0 Å². The van der Waals surface area contributed by atoms with E-state index >= 15 is 0 Å². The van der Waals surface area contributed by atoms with Crippen molar-refractivity contribution in [3.8, 4) is 16.9 Å². The van der Waals surface area contributed by atoms with Gasteiger partial charge < -0.3 is 10.2 Å². The van der Waals surface area contributed by atoms with Crippen LogP contribution in [0.4, 0.5) is 5.82 Å². The molecule has 2 amide bonds. The molecule has 0 radical (unpaired) electrons. The van der Waals surface area contributed by atoms with Gasteiger partial charge in [0.1, 0.15) is 12.4 Å². The number of para-hydroxylation sites is 1. The first-order valence-electron chi connectivity index (χ1n) is 10.6. The Labute approximate surface area is 201 Å². The lowest BCUT2D eigenvalue weighted by molar-refractivity contribution is -0.116. The number of hydrogen-bond acceptors (Lipinski definition) is 3. The minimum absolute atomic E-state index is 0.0635. The minimum atomic E-state index is -0.293. The minimum Gasteiger partial charge on any atom is -0.330 e. The number of hydrogen-bond donors (Lipinski definition) is 1. The first-order chi connectivity index (χ1) is 16.0. The van der Waals surface area contributed by atoms with Crippen LogP contribution < -0.4 is 5.32 Å². The fourth-order valence-electron chi connectivity index (χ4n) is 3.44. The molecule has 0 spiro atoms. The van der Waals surface area contributed by atoms with Crippen molar-refractivity contribution in [2.24, 2.45) is 0 Å². The van der Waals surface area contributed by atoms with E-state index in [4.69, 9.17) is 5.10 Å². The fourth-order valence-corrected chi connectivity index (χ4v) is 3.71. The molecule has 33 heavy (non-hydrogen) atoms. The van der Waals surface area contributed by atoms with Crippen LogP contribution in [0.5, 0.6) is 0 Å². The molecule has 0 aliphatic carbocycles. The van der Waals surface area contributed by atoms with Gasteiger partial charge in [0.15, 0.2) is 0 Å². The monoisotopic (exact) mass is 502 g/mol. The molecule has 1 heterocycles. The molecule has 3 aromatic carbocycles. The van der Waals surface area contributed by atoms with Crippen LogP contribution in [-0.4, -0.2) is 39.6 Å². The third-order valence-corrected chi connectivity index (χ3v) is 5.67. The SMILES string of the molecule is CCN(CC(=O)Nc1cc(-c2ccccc2)nn1-c1ccccc1)C(=O)c1ccc(Br)cc1. The Morgan fingerprint density at radius 3 is 2.21 bits per heavy atom. The van der Waals surface area contributed by atoms with E-state index in [1.807, 2.05) is 85.8 Å². The molecule has 0 atom stereocenters. The highest BCUT2D eigenvalue weighted by molar-refractivity contribution is 9.10. The van der Waals surface area contributed by atoms with Gasteiger partial charge in [0.2, 0.25) is 5.91 Å². The van der Waals surface area contributed by atoms with E-state index in [9.17, 15) is 9.59 Å². The summed E-state index contributed by atoms with van der Waals surface area (Å²) in [7, 11) is 0. The topological polar surface area (TPSA) is 67.2 Å². The smallest absolute Gasteiger partial charge is 0.254 e. The number of aromatic nitrogens is 2. The van der Waals surface area contributed by atoms with Crippen LogP contribution >= 0.6 is 15.9 Å². The highest BCUT2D eigenvalue weighted by Gasteiger charge is 2.19. The van der Waals surface area contributed by atoms with Crippen molar-refractivity contribution in [1.29, 1.82) is 0 Å². The molecule has 0 saturated heterocycles. The second-order valence-corrected chi connectivity index (χ2v) is 8.32. The van der Waals surface area contributed by atoms with Gasteiger partial charge in [-0.05, 0) is 43.3 Å². The predicted octanol–water partition coefficient (Wildman–Crippen LogP) is 5.40. The van der Waals surface area contributed by atoms with Gasteiger partial charge in [-0.25, -0.2) is 4.68 Å². The Balaban J connectivity index is 1.57. The zero-order valence-corrected chi connectivity index (χ0v) is 19.7. The van der Waals surface area contributed by atoms with Gasteiger partial charge >= 0.3 is 0 Å². The Hall–Kier alpha value is -3.71. The second kappa shape index (κ2) is 10.3. The van der Waals surface area contributed by atoms with Crippen LogP contribution in [0.25, 0.3) is 16.9 Å². The molecule has 0 unspecified atom stereocenters. The van der Waals surface area contributed by atoms with Crippen LogP contribution in [0.15, 0.2) is 95.5 Å². The van der Waals surface area contributed by atoms with Gasteiger partial charge in [0, 0.05) is 28.2 Å². The predicted molar refractivity (Wildman–Crippen MR) is 133 cm³/mol. The normalized spacial score (nSPS) is 10.6. The van der Waals surface area contributed by atoms with Gasteiger partial charge in [0.05, 0.1) is 11.4 Å². The number of benzene rings is 3. The molecule has 0 aliphatic rings. The van der Waals surface area contributed by atoms with Crippen molar-refractivity contribution in [3.05, 3.63) is 101 Å². The number of carbonyl (C=O) groups is 2. The van der Waals surface area contributed by atoms with E-state index in [0.717, 1.165) is 21.4 Å². The van der Waals surface area contributed by atoms with E-state index in [1.54, 1.807) is 16.8 Å². The summed E-state index contributed by atoms with van der Waals surface area (Å²) in [6.45, 7) is 2.20. The molecule has 6 nitrogen and oxygen atoms in total. The Bertz CT molecular complexity index is 1240. The molecule has 0 fully saturated rings. The first kappa shape index (κ1) is 22.5. The van der Waals surface area contributed by atoms with Crippen LogP contribution in [0.1, 0.15) is 17.3 Å². The molecular formula is C26H23BrN4O2. The first-order valence-corrected chi connectivity index (χ1v) is 11.4. The Morgan fingerprint density at radius 2 is 1.58 bits per heavy atom. The van der Waals surface area contributed by atoms with Crippen molar-refractivity contribution in [2.75, 3.05) is 18.4 Å². The fraction of sp³-hybridized carbons (Fsp3) is 0.115. The van der Waals surface area contributed by atoms with E-state index < -0.39 is 0 Å². The standard InChI is InChI=1S/C26H23BrN4O2/c1-2-30(26(33)20-13-15-21(27)16-14-20)18-25(32)28-24-17-23(19-9-5-3-6-10-19)29-31(24)22-11-7-4-8-12-22/h3-17H,2,18H2,1H3,(H,28,32). The number of likely N-dealkylation sites (N-methyl/N-ethyl adjacent to an activating group) is 1. The highest BCUT2D eigenvalue weighted by atomic mass is 79.9. The van der Waals surface area contributed by atoms with Crippen molar-refractivity contribution in [1.82, 2.24) is 14.7 Å². The third kappa shape index (κ3) is 5.38. The van der Waals surface area contributed by atoms with Gasteiger partial charge in [-0.2, -0.15) is 5.10 Å². The zero-order chi connectivity index (χ0) is 23.2. The summed E-state index contributed by atoms with van der Waals surface area (Å²) in [4.78, 5) is 27.3. The summed E-state index contributed by atoms with van der Waals surface area (Å²) in [5.74, 6) is 0.0536. The maximum absolute atomic E-state index is 12.9. The molecule has 1 N–H and O–H groups in total. The molecule has 166 valence electrons. The molecule has 4 rings (SSSR count). The molecule has 4 aromatic rings. The third-order valence-electron chi connectivity index (χ3n) is 5.14.